The van der Waals surface area contributed by atoms with Crippen molar-refractivity contribution in [2.45, 2.75) is 86.9 Å². The first kappa shape index (κ1) is 24.2. The van der Waals surface area contributed by atoms with Crippen molar-refractivity contribution in [1.29, 1.82) is 0 Å². The standard InChI is InChI=1S/C26H33Br2N3S/c27-20-15-19(16-21(28)17-20)18-32-25-14-8-7-13-24(25)31-26(29-22-9-3-1-4-10-22)30-23-11-5-2-6-12-23/h7-8,13-17,22-23H,1-6,9-12,18H2,(H2,29,30,31). The van der Waals surface area contributed by atoms with Gasteiger partial charge in [-0.3, -0.25) is 0 Å². The van der Waals surface area contributed by atoms with E-state index in [-0.39, 0.29) is 0 Å². The predicted octanol–water partition coefficient (Wildman–Crippen LogP) is 8.53. The number of nitrogens with zero attached hydrogens (tertiary/aromatic N) is 1. The number of hydrogen-bond donors (Lipinski definition) is 2. The largest absolute Gasteiger partial charge is 0.353 e. The molecule has 4 rings (SSSR count). The molecular formula is C26H33Br2N3S. The third kappa shape index (κ3) is 7.53. The first-order chi connectivity index (χ1) is 15.7. The number of anilines is 1. The van der Waals surface area contributed by atoms with Crippen LogP contribution in [0.1, 0.15) is 69.8 Å². The summed E-state index contributed by atoms with van der Waals surface area (Å²) in [5.41, 5.74) is 2.44. The minimum Gasteiger partial charge on any atom is -0.353 e. The number of para-hydroxylation sites is 1. The van der Waals surface area contributed by atoms with Crippen LogP contribution in [0.25, 0.3) is 0 Å². The predicted molar refractivity (Wildman–Crippen MR) is 146 cm³/mol. The second-order valence-corrected chi connectivity index (χ2v) is 11.8. The molecule has 0 bridgehead atoms. The Morgan fingerprint density at radius 1 is 0.875 bits per heavy atom. The van der Waals surface area contributed by atoms with E-state index in [1.54, 1.807) is 0 Å². The Balaban J connectivity index is 1.48. The molecule has 3 nitrogen and oxygen atoms in total. The molecule has 2 aliphatic rings. The summed E-state index contributed by atoms with van der Waals surface area (Å²) in [7, 11) is 0. The fourth-order valence-electron chi connectivity index (χ4n) is 4.62. The van der Waals surface area contributed by atoms with E-state index >= 15 is 0 Å². The van der Waals surface area contributed by atoms with Gasteiger partial charge in [0.2, 0.25) is 0 Å². The summed E-state index contributed by atoms with van der Waals surface area (Å²) in [5, 5.41) is 7.49. The van der Waals surface area contributed by atoms with E-state index in [0.717, 1.165) is 26.3 Å². The number of benzene rings is 2. The van der Waals surface area contributed by atoms with Gasteiger partial charge in [0.25, 0.3) is 0 Å². The molecule has 0 heterocycles. The molecule has 172 valence electrons. The Hall–Kier alpha value is -0.980. The fourth-order valence-corrected chi connectivity index (χ4v) is 6.94. The third-order valence-electron chi connectivity index (χ3n) is 6.29. The molecular weight excluding hydrogens is 546 g/mol. The van der Waals surface area contributed by atoms with Gasteiger partial charge in [-0.05, 0) is 61.6 Å². The first-order valence-corrected chi connectivity index (χ1v) is 14.5. The molecule has 0 atom stereocenters. The SMILES string of the molecule is Brc1cc(Br)cc(CSc2ccccc2NC(=NC2CCCCC2)NC2CCCCC2)c1. The molecule has 2 aromatic carbocycles. The van der Waals surface area contributed by atoms with Crippen molar-refractivity contribution in [3.05, 3.63) is 57.0 Å². The molecule has 32 heavy (non-hydrogen) atoms. The average molecular weight is 579 g/mol. The molecule has 2 saturated carbocycles. The normalized spacial score (nSPS) is 18.5. The maximum Gasteiger partial charge on any atom is 0.196 e. The van der Waals surface area contributed by atoms with Crippen LogP contribution >= 0.6 is 43.6 Å². The zero-order valence-electron chi connectivity index (χ0n) is 18.6. The maximum absolute atomic E-state index is 5.18. The van der Waals surface area contributed by atoms with Crippen LogP contribution in [-0.2, 0) is 5.75 Å². The number of halogens is 2. The smallest absolute Gasteiger partial charge is 0.196 e. The molecule has 0 saturated heterocycles. The highest BCUT2D eigenvalue weighted by Crippen LogP contribution is 2.32. The molecule has 0 aromatic heterocycles. The van der Waals surface area contributed by atoms with Gasteiger partial charge in [0, 0.05) is 25.6 Å². The summed E-state index contributed by atoms with van der Waals surface area (Å²) in [6, 6.07) is 16.1. The van der Waals surface area contributed by atoms with Gasteiger partial charge >= 0.3 is 0 Å². The molecule has 2 aliphatic carbocycles. The highest BCUT2D eigenvalue weighted by atomic mass is 79.9. The Kier molecular flexibility index (Phi) is 9.42. The van der Waals surface area contributed by atoms with Gasteiger partial charge in [-0.2, -0.15) is 0 Å². The van der Waals surface area contributed by atoms with Crippen LogP contribution in [0, 0.1) is 0 Å². The van der Waals surface area contributed by atoms with E-state index < -0.39 is 0 Å². The lowest BCUT2D eigenvalue weighted by molar-refractivity contribution is 0.408. The Morgan fingerprint density at radius 3 is 2.25 bits per heavy atom. The summed E-state index contributed by atoms with van der Waals surface area (Å²) < 4.78 is 2.21. The number of aliphatic imine (C=N–C) groups is 1. The monoisotopic (exact) mass is 577 g/mol. The minimum atomic E-state index is 0.446. The second-order valence-electron chi connectivity index (χ2n) is 8.94. The van der Waals surface area contributed by atoms with E-state index in [4.69, 9.17) is 4.99 Å². The summed E-state index contributed by atoms with van der Waals surface area (Å²) in [5.74, 6) is 1.89. The fraction of sp³-hybridized carbons (Fsp3) is 0.500. The van der Waals surface area contributed by atoms with E-state index in [1.165, 1.54) is 74.7 Å². The van der Waals surface area contributed by atoms with Crippen LogP contribution in [0.4, 0.5) is 5.69 Å². The lowest BCUT2D eigenvalue weighted by Gasteiger charge is -2.27. The van der Waals surface area contributed by atoms with Gasteiger partial charge in [-0.1, -0.05) is 82.5 Å². The molecule has 0 aliphatic heterocycles. The van der Waals surface area contributed by atoms with E-state index in [2.05, 4.69) is 85.0 Å². The van der Waals surface area contributed by atoms with E-state index in [9.17, 15) is 0 Å². The third-order valence-corrected chi connectivity index (χ3v) is 8.35. The molecule has 2 N–H and O–H groups in total. The second kappa shape index (κ2) is 12.5. The van der Waals surface area contributed by atoms with Crippen molar-refractivity contribution in [3.8, 4) is 0 Å². The van der Waals surface area contributed by atoms with Crippen LogP contribution in [0.15, 0.2) is 61.3 Å². The summed E-state index contributed by atoms with van der Waals surface area (Å²) in [6.45, 7) is 0. The van der Waals surface area contributed by atoms with Crippen molar-refractivity contribution >= 4 is 55.3 Å². The van der Waals surface area contributed by atoms with Gasteiger partial charge in [0.05, 0.1) is 11.7 Å². The number of guanidine groups is 1. The molecule has 0 unspecified atom stereocenters. The first-order valence-electron chi connectivity index (χ1n) is 11.9. The lowest BCUT2D eigenvalue weighted by atomic mass is 9.95. The number of thioether (sulfide) groups is 1. The highest BCUT2D eigenvalue weighted by molar-refractivity contribution is 9.11. The van der Waals surface area contributed by atoms with Crippen LogP contribution < -0.4 is 10.6 Å². The Labute approximate surface area is 213 Å². The van der Waals surface area contributed by atoms with Gasteiger partial charge < -0.3 is 10.6 Å². The Bertz CT molecular complexity index is 885. The van der Waals surface area contributed by atoms with Crippen LogP contribution in [-0.4, -0.2) is 18.0 Å². The van der Waals surface area contributed by atoms with Gasteiger partial charge in [-0.25, -0.2) is 4.99 Å². The highest BCUT2D eigenvalue weighted by Gasteiger charge is 2.18. The summed E-state index contributed by atoms with van der Waals surface area (Å²) in [4.78, 5) is 6.44. The molecule has 2 aromatic rings. The zero-order chi connectivity index (χ0) is 22.2. The van der Waals surface area contributed by atoms with Gasteiger partial charge in [0.15, 0.2) is 5.96 Å². The lowest BCUT2D eigenvalue weighted by Crippen LogP contribution is -2.41. The molecule has 2 fully saturated rings. The summed E-state index contributed by atoms with van der Waals surface area (Å²) >= 11 is 9.07. The van der Waals surface area contributed by atoms with Crippen molar-refractivity contribution in [3.63, 3.8) is 0 Å². The van der Waals surface area contributed by atoms with Crippen molar-refractivity contribution in [2.24, 2.45) is 4.99 Å². The number of rotatable bonds is 6. The summed E-state index contributed by atoms with van der Waals surface area (Å²) in [6.07, 6.45) is 12.9. The van der Waals surface area contributed by atoms with Crippen LogP contribution in [0.3, 0.4) is 0 Å². The Morgan fingerprint density at radius 2 is 1.53 bits per heavy atom. The van der Waals surface area contributed by atoms with Crippen molar-refractivity contribution in [1.82, 2.24) is 5.32 Å². The topological polar surface area (TPSA) is 36.4 Å². The van der Waals surface area contributed by atoms with Crippen molar-refractivity contribution < 1.29 is 0 Å². The number of hydrogen-bond acceptors (Lipinski definition) is 2. The minimum absolute atomic E-state index is 0.446. The average Bonchev–Trinajstić information content (AvgIpc) is 2.79. The van der Waals surface area contributed by atoms with Crippen LogP contribution in [0.2, 0.25) is 0 Å². The quantitative estimate of drug-likeness (QED) is 0.205. The van der Waals surface area contributed by atoms with Gasteiger partial charge in [-0.15, -0.1) is 11.8 Å². The molecule has 0 radical (unpaired) electrons. The van der Waals surface area contributed by atoms with Gasteiger partial charge in [0.1, 0.15) is 0 Å². The van der Waals surface area contributed by atoms with Crippen molar-refractivity contribution in [2.75, 3.05) is 5.32 Å². The van der Waals surface area contributed by atoms with E-state index in [0.29, 0.717) is 12.1 Å². The molecule has 6 heteroatoms. The number of nitrogens with one attached hydrogen (secondary N) is 2. The van der Waals surface area contributed by atoms with Crippen LogP contribution in [0.5, 0.6) is 0 Å². The zero-order valence-corrected chi connectivity index (χ0v) is 22.6. The molecule has 0 spiro atoms. The maximum atomic E-state index is 5.18. The van der Waals surface area contributed by atoms with E-state index in [1.807, 2.05) is 11.8 Å². The molecule has 0 amide bonds.